The van der Waals surface area contributed by atoms with Crippen LogP contribution in [0.3, 0.4) is 0 Å². The number of ether oxygens (including phenoxy) is 3. The number of rotatable bonds is 9. The van der Waals surface area contributed by atoms with Crippen molar-refractivity contribution in [2.45, 2.75) is 59.0 Å². The molecule has 0 bridgehead atoms. The van der Waals surface area contributed by atoms with E-state index in [0.29, 0.717) is 13.2 Å². The van der Waals surface area contributed by atoms with E-state index in [1.807, 2.05) is 60.7 Å². The minimum absolute atomic E-state index is 0.206. The summed E-state index contributed by atoms with van der Waals surface area (Å²) < 4.78 is 17.1. The van der Waals surface area contributed by atoms with Crippen molar-refractivity contribution < 1.29 is 19.0 Å². The molecule has 1 unspecified atom stereocenters. The van der Waals surface area contributed by atoms with Crippen LogP contribution in [0.5, 0.6) is 0 Å². The second-order valence-electron chi connectivity index (χ2n) is 9.46. The molecule has 0 saturated carbocycles. The number of hydrogen-bond acceptors (Lipinski definition) is 5. The van der Waals surface area contributed by atoms with Gasteiger partial charge in [-0.3, -0.25) is 4.99 Å². The number of nitrogens with one attached hydrogen (secondary N) is 2. The molecule has 1 amide bonds. The molecular formula is C27H37N3O4. The molecule has 0 aliphatic carbocycles. The highest BCUT2D eigenvalue weighted by molar-refractivity contribution is 5.99. The van der Waals surface area contributed by atoms with Crippen LogP contribution in [0.15, 0.2) is 65.7 Å². The highest BCUT2D eigenvalue weighted by Gasteiger charge is 2.22. The van der Waals surface area contributed by atoms with Gasteiger partial charge in [-0.2, -0.15) is 0 Å². The third kappa shape index (κ3) is 9.15. The van der Waals surface area contributed by atoms with Gasteiger partial charge in [0.1, 0.15) is 12.4 Å². The monoisotopic (exact) mass is 467 g/mol. The van der Waals surface area contributed by atoms with Crippen LogP contribution in [0.2, 0.25) is 0 Å². The molecule has 34 heavy (non-hydrogen) atoms. The maximum absolute atomic E-state index is 12.5. The van der Waals surface area contributed by atoms with Crippen molar-refractivity contribution in [1.82, 2.24) is 5.32 Å². The van der Waals surface area contributed by atoms with E-state index >= 15 is 0 Å². The van der Waals surface area contributed by atoms with Gasteiger partial charge in [-0.05, 0) is 37.0 Å². The largest absolute Gasteiger partial charge is 0.445 e. The molecule has 0 radical (unpaired) electrons. The molecule has 2 aromatic rings. The van der Waals surface area contributed by atoms with Gasteiger partial charge >= 0.3 is 6.09 Å². The van der Waals surface area contributed by atoms with Crippen molar-refractivity contribution in [3.05, 3.63) is 66.2 Å². The fraction of sp³-hybridized carbons (Fsp3) is 0.481. The van der Waals surface area contributed by atoms with Crippen molar-refractivity contribution in [3.63, 3.8) is 0 Å². The number of anilines is 1. The van der Waals surface area contributed by atoms with E-state index in [0.717, 1.165) is 36.3 Å². The fourth-order valence-electron chi connectivity index (χ4n) is 3.46. The summed E-state index contributed by atoms with van der Waals surface area (Å²) in [5.41, 5.74) is 1.69. The Hall–Kier alpha value is -2.90. The van der Waals surface area contributed by atoms with Crippen molar-refractivity contribution >= 4 is 17.6 Å². The highest BCUT2D eigenvalue weighted by atomic mass is 16.7. The van der Waals surface area contributed by atoms with E-state index < -0.39 is 6.09 Å². The van der Waals surface area contributed by atoms with Gasteiger partial charge in [0.25, 0.3) is 0 Å². The minimum atomic E-state index is -0.495. The first kappa shape index (κ1) is 25.7. The number of carbonyl (C=O) groups is 1. The first-order valence-electron chi connectivity index (χ1n) is 12.0. The maximum atomic E-state index is 12.5. The third-order valence-corrected chi connectivity index (χ3v) is 5.37. The Morgan fingerprint density at radius 1 is 1.09 bits per heavy atom. The molecule has 1 heterocycles. The van der Waals surface area contributed by atoms with Crippen LogP contribution in [-0.2, 0) is 20.8 Å². The van der Waals surface area contributed by atoms with Crippen molar-refractivity contribution in [3.8, 4) is 0 Å². The molecule has 7 nitrogen and oxygen atoms in total. The first-order chi connectivity index (χ1) is 16.4. The molecule has 0 spiro atoms. The fourth-order valence-corrected chi connectivity index (χ4v) is 3.46. The summed E-state index contributed by atoms with van der Waals surface area (Å²) in [6.07, 6.45) is 2.25. The van der Waals surface area contributed by atoms with Gasteiger partial charge in [-0.25, -0.2) is 4.79 Å². The number of amidine groups is 1. The molecule has 1 aliphatic heterocycles. The SMILES string of the molecule is CC(C)(C)C(=NC[C@H](COC1CCCCO1)NC(=O)OCc1ccccc1)Nc1ccccc1. The average molecular weight is 468 g/mol. The molecule has 7 heteroatoms. The molecule has 2 aromatic carbocycles. The van der Waals surface area contributed by atoms with Crippen LogP contribution in [0.4, 0.5) is 10.5 Å². The van der Waals surface area contributed by atoms with Crippen LogP contribution in [0, 0.1) is 5.41 Å². The summed E-state index contributed by atoms with van der Waals surface area (Å²) >= 11 is 0. The van der Waals surface area contributed by atoms with Gasteiger partial charge in [0.15, 0.2) is 6.29 Å². The van der Waals surface area contributed by atoms with E-state index in [1.165, 1.54) is 0 Å². The van der Waals surface area contributed by atoms with Crippen LogP contribution < -0.4 is 10.6 Å². The second kappa shape index (κ2) is 13.1. The van der Waals surface area contributed by atoms with Crippen LogP contribution in [-0.4, -0.2) is 44.0 Å². The van der Waals surface area contributed by atoms with Gasteiger partial charge in [0, 0.05) is 17.7 Å². The average Bonchev–Trinajstić information content (AvgIpc) is 2.84. The summed E-state index contributed by atoms with van der Waals surface area (Å²) in [7, 11) is 0. The lowest BCUT2D eigenvalue weighted by Crippen LogP contribution is -2.43. The standard InChI is InChI=1S/C27H37N3O4/c1-27(2,3)25(29-22-14-8-5-9-15-22)28-18-23(20-33-24-16-10-11-17-32-24)30-26(31)34-19-21-12-6-4-7-13-21/h4-9,12-15,23-24H,10-11,16-20H2,1-3H3,(H,28,29)(H,30,31)/t23-,24?/m1/s1. The van der Waals surface area contributed by atoms with E-state index in [1.54, 1.807) is 0 Å². The topological polar surface area (TPSA) is 81.2 Å². The number of carbonyl (C=O) groups excluding carboxylic acids is 1. The van der Waals surface area contributed by atoms with Gasteiger partial charge in [0.2, 0.25) is 0 Å². The molecule has 1 saturated heterocycles. The molecule has 2 atom stereocenters. The van der Waals surface area contributed by atoms with E-state index in [9.17, 15) is 4.79 Å². The molecule has 1 aliphatic rings. The van der Waals surface area contributed by atoms with Crippen LogP contribution in [0.25, 0.3) is 0 Å². The zero-order chi connectivity index (χ0) is 24.2. The van der Waals surface area contributed by atoms with Gasteiger partial charge < -0.3 is 24.8 Å². The Labute approximate surface area is 202 Å². The predicted octanol–water partition coefficient (Wildman–Crippen LogP) is 5.38. The second-order valence-corrected chi connectivity index (χ2v) is 9.46. The Balaban J connectivity index is 1.64. The van der Waals surface area contributed by atoms with Crippen molar-refractivity contribution in [2.24, 2.45) is 10.4 Å². The first-order valence-corrected chi connectivity index (χ1v) is 12.0. The van der Waals surface area contributed by atoms with Crippen LogP contribution >= 0.6 is 0 Å². The zero-order valence-electron chi connectivity index (χ0n) is 20.5. The van der Waals surface area contributed by atoms with Crippen molar-refractivity contribution in [1.29, 1.82) is 0 Å². The third-order valence-electron chi connectivity index (χ3n) is 5.37. The van der Waals surface area contributed by atoms with Gasteiger partial charge in [-0.15, -0.1) is 0 Å². The van der Waals surface area contributed by atoms with E-state index in [2.05, 4.69) is 31.4 Å². The highest BCUT2D eigenvalue weighted by Crippen LogP contribution is 2.19. The number of aliphatic imine (C=N–C) groups is 1. The van der Waals surface area contributed by atoms with Crippen LogP contribution in [0.1, 0.15) is 45.6 Å². The summed E-state index contributed by atoms with van der Waals surface area (Å²) in [4.78, 5) is 17.4. The number of alkyl carbamates (subject to hydrolysis) is 1. The normalized spacial score (nSPS) is 17.6. The Bertz CT molecular complexity index is 891. The van der Waals surface area contributed by atoms with E-state index in [4.69, 9.17) is 19.2 Å². The Morgan fingerprint density at radius 2 is 1.79 bits per heavy atom. The lowest BCUT2D eigenvalue weighted by Gasteiger charge is -2.27. The smallest absolute Gasteiger partial charge is 0.407 e. The predicted molar refractivity (Wildman–Crippen MR) is 135 cm³/mol. The molecule has 2 N–H and O–H groups in total. The summed E-state index contributed by atoms with van der Waals surface area (Å²) in [5, 5.41) is 6.34. The molecular weight excluding hydrogens is 430 g/mol. The summed E-state index contributed by atoms with van der Waals surface area (Å²) in [6, 6.07) is 19.2. The lowest BCUT2D eigenvalue weighted by molar-refractivity contribution is -0.165. The number of nitrogens with zero attached hydrogens (tertiary/aromatic N) is 1. The molecule has 3 rings (SSSR count). The van der Waals surface area contributed by atoms with E-state index in [-0.39, 0.29) is 31.0 Å². The summed E-state index contributed by atoms with van der Waals surface area (Å²) in [6.45, 7) is 7.85. The Kier molecular flexibility index (Phi) is 9.91. The summed E-state index contributed by atoms with van der Waals surface area (Å²) in [5.74, 6) is 0.831. The molecule has 0 aromatic heterocycles. The zero-order valence-corrected chi connectivity index (χ0v) is 20.5. The minimum Gasteiger partial charge on any atom is -0.445 e. The maximum Gasteiger partial charge on any atom is 0.407 e. The number of para-hydroxylation sites is 1. The molecule has 184 valence electrons. The Morgan fingerprint density at radius 3 is 2.44 bits per heavy atom. The number of benzene rings is 2. The lowest BCUT2D eigenvalue weighted by atomic mass is 9.94. The van der Waals surface area contributed by atoms with Gasteiger partial charge in [-0.1, -0.05) is 69.3 Å². The number of amides is 1. The number of hydrogen-bond donors (Lipinski definition) is 2. The quantitative estimate of drug-likeness (QED) is 0.382. The molecule has 1 fully saturated rings. The van der Waals surface area contributed by atoms with Gasteiger partial charge in [0.05, 0.1) is 19.2 Å². The van der Waals surface area contributed by atoms with Crippen molar-refractivity contribution in [2.75, 3.05) is 25.1 Å².